The maximum atomic E-state index is 14.3. The highest BCUT2D eigenvalue weighted by Gasteiger charge is 2.13. The fraction of sp³-hybridized carbons (Fsp3) is 0.407. The monoisotopic (exact) mass is 503 g/mol. The van der Waals surface area contributed by atoms with E-state index in [2.05, 4.69) is 19.2 Å². The molecule has 8 heteroatoms. The standard InChI is InChI=1S/C27H35FNO5P/c1-20(2)16-23-10-8-21(18-25(23)28)6-3-13-34-27-11-9-22(17-24(27)26-7-4-14-33-26)19-29-12-5-15-35(30,31)32/h4,7-11,14,17-18,20,29H,3,5-6,12-13,15-16,19H2,1-2H3,(H2,30,31,32). The molecule has 0 spiro atoms. The van der Waals surface area contributed by atoms with E-state index in [1.165, 1.54) is 0 Å². The Morgan fingerprint density at radius 2 is 1.89 bits per heavy atom. The molecule has 0 saturated carbocycles. The number of halogens is 1. The van der Waals surface area contributed by atoms with Crippen LogP contribution >= 0.6 is 7.60 Å². The Morgan fingerprint density at radius 1 is 1.09 bits per heavy atom. The van der Waals surface area contributed by atoms with Crippen LogP contribution in [-0.4, -0.2) is 29.1 Å². The molecule has 0 amide bonds. The van der Waals surface area contributed by atoms with Gasteiger partial charge in [-0.2, -0.15) is 0 Å². The Hall–Kier alpha value is -2.44. The Bertz CT molecular complexity index is 1110. The first kappa shape index (κ1) is 27.2. The van der Waals surface area contributed by atoms with Gasteiger partial charge in [-0.05, 0) is 85.2 Å². The highest BCUT2D eigenvalue weighted by Crippen LogP contribution is 2.34. The lowest BCUT2D eigenvalue weighted by Gasteiger charge is -2.13. The lowest BCUT2D eigenvalue weighted by atomic mass is 10.00. The van der Waals surface area contributed by atoms with Gasteiger partial charge >= 0.3 is 7.60 Å². The van der Waals surface area contributed by atoms with Gasteiger partial charge in [-0.3, -0.25) is 4.57 Å². The smallest absolute Gasteiger partial charge is 0.325 e. The number of aryl methyl sites for hydroxylation is 1. The molecule has 2 aromatic carbocycles. The van der Waals surface area contributed by atoms with Crippen molar-refractivity contribution in [3.8, 4) is 17.1 Å². The van der Waals surface area contributed by atoms with E-state index in [9.17, 15) is 8.96 Å². The second kappa shape index (κ2) is 13.0. The summed E-state index contributed by atoms with van der Waals surface area (Å²) in [6.45, 7) is 5.73. The minimum absolute atomic E-state index is 0.126. The second-order valence-electron chi connectivity index (χ2n) is 9.20. The number of furan rings is 1. The summed E-state index contributed by atoms with van der Waals surface area (Å²) in [5, 5.41) is 3.21. The molecule has 6 nitrogen and oxygen atoms in total. The van der Waals surface area contributed by atoms with Crippen molar-refractivity contribution in [1.82, 2.24) is 5.32 Å². The Balaban J connectivity index is 1.55. The van der Waals surface area contributed by atoms with Gasteiger partial charge in [0.05, 0.1) is 24.6 Å². The average molecular weight is 504 g/mol. The molecule has 0 aliphatic carbocycles. The molecule has 0 radical (unpaired) electrons. The summed E-state index contributed by atoms with van der Waals surface area (Å²) in [5.74, 6) is 1.69. The van der Waals surface area contributed by atoms with E-state index >= 15 is 0 Å². The summed E-state index contributed by atoms with van der Waals surface area (Å²) in [6.07, 6.45) is 4.11. The molecular formula is C27H35FNO5P. The number of rotatable bonds is 14. The van der Waals surface area contributed by atoms with Gasteiger partial charge in [0, 0.05) is 6.54 Å². The van der Waals surface area contributed by atoms with Crippen LogP contribution in [0.1, 0.15) is 43.4 Å². The predicted molar refractivity (Wildman–Crippen MR) is 136 cm³/mol. The zero-order valence-corrected chi connectivity index (χ0v) is 21.3. The molecule has 0 fully saturated rings. The van der Waals surface area contributed by atoms with Crippen LogP contribution in [0, 0.1) is 11.7 Å². The van der Waals surface area contributed by atoms with E-state index in [1.807, 2.05) is 42.5 Å². The molecular weight excluding hydrogens is 468 g/mol. The molecule has 1 aromatic heterocycles. The van der Waals surface area contributed by atoms with E-state index in [-0.39, 0.29) is 12.0 Å². The molecule has 0 atom stereocenters. The minimum atomic E-state index is -3.96. The van der Waals surface area contributed by atoms with Crippen LogP contribution in [0.2, 0.25) is 0 Å². The summed E-state index contributed by atoms with van der Waals surface area (Å²) in [6, 6.07) is 15.1. The van der Waals surface area contributed by atoms with Crippen molar-refractivity contribution in [2.75, 3.05) is 19.3 Å². The van der Waals surface area contributed by atoms with Gasteiger partial charge in [0.2, 0.25) is 0 Å². The second-order valence-corrected chi connectivity index (χ2v) is 11.0. The topological polar surface area (TPSA) is 91.9 Å². The number of ether oxygens (including phenoxy) is 1. The van der Waals surface area contributed by atoms with Gasteiger partial charge in [-0.1, -0.05) is 32.0 Å². The van der Waals surface area contributed by atoms with Crippen LogP contribution in [-0.2, 0) is 24.0 Å². The van der Waals surface area contributed by atoms with Crippen LogP contribution in [0.3, 0.4) is 0 Å². The number of hydrogen-bond donors (Lipinski definition) is 3. The Kier molecular flexibility index (Phi) is 10.1. The van der Waals surface area contributed by atoms with Gasteiger partial charge < -0.3 is 24.3 Å². The first-order valence-corrected chi connectivity index (χ1v) is 13.8. The highest BCUT2D eigenvalue weighted by molar-refractivity contribution is 7.51. The average Bonchev–Trinajstić information content (AvgIpc) is 3.32. The lowest BCUT2D eigenvalue weighted by Crippen LogP contribution is -2.16. The largest absolute Gasteiger partial charge is 0.493 e. The lowest BCUT2D eigenvalue weighted by molar-refractivity contribution is 0.311. The maximum absolute atomic E-state index is 14.3. The third kappa shape index (κ3) is 9.26. The molecule has 0 aliphatic rings. The van der Waals surface area contributed by atoms with Crippen molar-refractivity contribution in [2.45, 2.75) is 46.1 Å². The number of benzene rings is 2. The molecule has 190 valence electrons. The van der Waals surface area contributed by atoms with Crippen LogP contribution in [0.5, 0.6) is 5.75 Å². The summed E-state index contributed by atoms with van der Waals surface area (Å²) in [5.41, 5.74) is 3.58. The molecule has 3 rings (SSSR count). The summed E-state index contributed by atoms with van der Waals surface area (Å²) in [4.78, 5) is 17.9. The van der Waals surface area contributed by atoms with Crippen LogP contribution in [0.25, 0.3) is 11.3 Å². The molecule has 0 unspecified atom stereocenters. The van der Waals surface area contributed by atoms with Crippen molar-refractivity contribution in [1.29, 1.82) is 0 Å². The summed E-state index contributed by atoms with van der Waals surface area (Å²) < 4.78 is 36.9. The normalized spacial score (nSPS) is 11.8. The maximum Gasteiger partial charge on any atom is 0.325 e. The molecule has 0 bridgehead atoms. The van der Waals surface area contributed by atoms with Crippen LogP contribution in [0.15, 0.2) is 59.2 Å². The van der Waals surface area contributed by atoms with Gasteiger partial charge in [-0.15, -0.1) is 0 Å². The predicted octanol–water partition coefficient (Wildman–Crippen LogP) is 5.95. The van der Waals surface area contributed by atoms with Crippen molar-refractivity contribution in [3.05, 3.63) is 77.3 Å². The zero-order chi connectivity index (χ0) is 25.3. The number of nitrogens with one attached hydrogen (secondary N) is 1. The van der Waals surface area contributed by atoms with Gasteiger partial charge in [0.1, 0.15) is 17.3 Å². The van der Waals surface area contributed by atoms with E-state index in [4.69, 9.17) is 18.9 Å². The summed E-state index contributed by atoms with van der Waals surface area (Å²) >= 11 is 0. The zero-order valence-electron chi connectivity index (χ0n) is 20.4. The molecule has 3 N–H and O–H groups in total. The fourth-order valence-electron chi connectivity index (χ4n) is 3.89. The Morgan fingerprint density at radius 3 is 2.57 bits per heavy atom. The molecule has 0 aliphatic heterocycles. The molecule has 1 heterocycles. The first-order chi connectivity index (χ1) is 16.7. The van der Waals surface area contributed by atoms with E-state index in [1.54, 1.807) is 12.3 Å². The molecule has 35 heavy (non-hydrogen) atoms. The highest BCUT2D eigenvalue weighted by atomic mass is 31.2. The minimum Gasteiger partial charge on any atom is -0.493 e. The van der Waals surface area contributed by atoms with Gasteiger partial charge in [0.15, 0.2) is 0 Å². The van der Waals surface area contributed by atoms with E-state index in [0.717, 1.165) is 41.5 Å². The Labute approximate surface area is 206 Å². The first-order valence-electron chi connectivity index (χ1n) is 12.0. The van der Waals surface area contributed by atoms with Crippen molar-refractivity contribution >= 4 is 7.60 Å². The van der Waals surface area contributed by atoms with Crippen LogP contribution in [0.4, 0.5) is 4.39 Å². The van der Waals surface area contributed by atoms with E-state index < -0.39 is 7.60 Å². The number of hydrogen-bond acceptors (Lipinski definition) is 4. The molecule has 0 saturated heterocycles. The molecule has 3 aromatic rings. The summed E-state index contributed by atoms with van der Waals surface area (Å²) in [7, 11) is -3.96. The van der Waals surface area contributed by atoms with E-state index in [0.29, 0.717) is 43.5 Å². The van der Waals surface area contributed by atoms with Gasteiger partial charge in [0.25, 0.3) is 0 Å². The van der Waals surface area contributed by atoms with Crippen molar-refractivity contribution < 1.29 is 27.9 Å². The van der Waals surface area contributed by atoms with Crippen molar-refractivity contribution in [2.24, 2.45) is 5.92 Å². The fourth-order valence-corrected chi connectivity index (χ4v) is 4.46. The van der Waals surface area contributed by atoms with Crippen molar-refractivity contribution in [3.63, 3.8) is 0 Å². The SMILES string of the molecule is CC(C)Cc1ccc(CCCOc2ccc(CNCCCP(=O)(O)O)cc2-c2ccco2)cc1F. The third-order valence-corrected chi connectivity index (χ3v) is 6.47. The van der Waals surface area contributed by atoms with Gasteiger partial charge in [-0.25, -0.2) is 4.39 Å². The quantitative estimate of drug-likeness (QED) is 0.186. The third-order valence-electron chi connectivity index (χ3n) is 5.58. The van der Waals surface area contributed by atoms with Crippen LogP contribution < -0.4 is 10.1 Å².